The van der Waals surface area contributed by atoms with E-state index < -0.39 is 0 Å². The number of hydrogen-bond donors (Lipinski definition) is 1. The van der Waals surface area contributed by atoms with E-state index in [4.69, 9.17) is 4.42 Å². The van der Waals surface area contributed by atoms with Crippen molar-refractivity contribution in [3.8, 4) is 11.4 Å². The fourth-order valence-corrected chi connectivity index (χ4v) is 3.91. The highest BCUT2D eigenvalue weighted by molar-refractivity contribution is 8.00. The van der Waals surface area contributed by atoms with Crippen molar-refractivity contribution >= 4 is 17.7 Å². The largest absolute Gasteiger partial charge is 0.469 e. The first kappa shape index (κ1) is 20.2. The zero-order valence-electron chi connectivity index (χ0n) is 16.7. The molecule has 0 aliphatic heterocycles. The van der Waals surface area contributed by atoms with Crippen molar-refractivity contribution in [3.05, 3.63) is 54.0 Å². The summed E-state index contributed by atoms with van der Waals surface area (Å²) < 4.78 is 7.25. The number of benzene rings is 1. The molecule has 1 N–H and O–H groups in total. The number of carbonyl (C=O) groups excluding carboxylic acids is 1. The molecule has 1 amide bonds. The van der Waals surface area contributed by atoms with Crippen molar-refractivity contribution in [2.45, 2.75) is 43.5 Å². The van der Waals surface area contributed by atoms with E-state index in [1.54, 1.807) is 6.26 Å². The van der Waals surface area contributed by atoms with Crippen LogP contribution in [-0.4, -0.2) is 32.5 Å². The summed E-state index contributed by atoms with van der Waals surface area (Å²) in [6.45, 7) is 6.55. The molecule has 2 heterocycles. The highest BCUT2D eigenvalue weighted by atomic mass is 32.2. The highest BCUT2D eigenvalue weighted by Gasteiger charge is 2.21. The fraction of sp³-hybridized carbons (Fsp3) is 0.381. The standard InChI is InChI=1S/C21H26N4O2S/c1-5-16(17-9-7-6-8-10-17)13-22-20(26)15(3)28-21-24-23-19(25(21)4)18-11-12-27-14(18)2/h6-12,15-16H,5,13H2,1-4H3,(H,22,26)/t15-,16-/m0/s1. The normalized spacial score (nSPS) is 13.3. The number of carbonyl (C=O) groups is 1. The SMILES string of the molecule is CC[C@@H](CNC(=O)[C@H](C)Sc1nnc(-c2ccoc2C)n1C)c1ccccc1. The van der Waals surface area contributed by atoms with Crippen LogP contribution in [0, 0.1) is 6.92 Å². The summed E-state index contributed by atoms with van der Waals surface area (Å²) in [5.41, 5.74) is 2.16. The molecule has 0 aliphatic rings. The molecule has 3 aromatic rings. The van der Waals surface area contributed by atoms with E-state index in [9.17, 15) is 4.79 Å². The van der Waals surface area contributed by atoms with Gasteiger partial charge in [0.15, 0.2) is 11.0 Å². The molecule has 3 rings (SSSR count). The van der Waals surface area contributed by atoms with Crippen LogP contribution in [0.3, 0.4) is 0 Å². The van der Waals surface area contributed by atoms with E-state index in [1.807, 2.05) is 49.7 Å². The Morgan fingerprint density at radius 1 is 1.25 bits per heavy atom. The fourth-order valence-electron chi connectivity index (χ4n) is 3.07. The zero-order valence-corrected chi connectivity index (χ0v) is 17.5. The average molecular weight is 399 g/mol. The Bertz CT molecular complexity index is 920. The molecule has 7 heteroatoms. The number of aryl methyl sites for hydroxylation is 1. The van der Waals surface area contributed by atoms with Crippen LogP contribution in [0.25, 0.3) is 11.4 Å². The minimum absolute atomic E-state index is 0.00317. The number of furan rings is 1. The van der Waals surface area contributed by atoms with Crippen molar-refractivity contribution in [1.82, 2.24) is 20.1 Å². The predicted molar refractivity (Wildman–Crippen MR) is 111 cm³/mol. The van der Waals surface area contributed by atoms with Gasteiger partial charge in [-0.3, -0.25) is 4.79 Å². The van der Waals surface area contributed by atoms with Crippen LogP contribution in [0.1, 0.15) is 37.5 Å². The molecule has 0 unspecified atom stereocenters. The Balaban J connectivity index is 1.60. The monoisotopic (exact) mass is 398 g/mol. The first-order valence-electron chi connectivity index (χ1n) is 9.44. The summed E-state index contributed by atoms with van der Waals surface area (Å²) in [6.07, 6.45) is 2.61. The van der Waals surface area contributed by atoms with E-state index in [2.05, 4.69) is 34.6 Å². The van der Waals surface area contributed by atoms with Gasteiger partial charge in [-0.2, -0.15) is 0 Å². The van der Waals surface area contributed by atoms with Gasteiger partial charge in [-0.1, -0.05) is 49.0 Å². The molecule has 28 heavy (non-hydrogen) atoms. The molecule has 0 fully saturated rings. The van der Waals surface area contributed by atoms with E-state index in [0.717, 1.165) is 23.6 Å². The van der Waals surface area contributed by atoms with Gasteiger partial charge >= 0.3 is 0 Å². The van der Waals surface area contributed by atoms with Crippen LogP contribution in [-0.2, 0) is 11.8 Å². The third-order valence-corrected chi connectivity index (χ3v) is 6.01. The lowest BCUT2D eigenvalue weighted by Crippen LogP contribution is -2.34. The molecule has 2 atom stereocenters. The summed E-state index contributed by atoms with van der Waals surface area (Å²) in [6, 6.07) is 12.2. The Hall–Kier alpha value is -2.54. The quantitative estimate of drug-likeness (QED) is 0.577. The lowest BCUT2D eigenvalue weighted by Gasteiger charge is -2.18. The van der Waals surface area contributed by atoms with E-state index in [1.165, 1.54) is 17.3 Å². The van der Waals surface area contributed by atoms with Crippen LogP contribution in [0.2, 0.25) is 0 Å². The first-order valence-corrected chi connectivity index (χ1v) is 10.3. The number of rotatable bonds is 8. The van der Waals surface area contributed by atoms with Gasteiger partial charge in [-0.25, -0.2) is 0 Å². The van der Waals surface area contributed by atoms with Gasteiger partial charge in [0.25, 0.3) is 0 Å². The molecule has 0 bridgehead atoms. The van der Waals surface area contributed by atoms with Gasteiger partial charge in [-0.05, 0) is 31.9 Å². The van der Waals surface area contributed by atoms with Gasteiger partial charge in [-0.15, -0.1) is 10.2 Å². The maximum absolute atomic E-state index is 12.6. The number of aromatic nitrogens is 3. The lowest BCUT2D eigenvalue weighted by molar-refractivity contribution is -0.120. The van der Waals surface area contributed by atoms with Gasteiger partial charge in [0.2, 0.25) is 5.91 Å². The topological polar surface area (TPSA) is 73.0 Å². The van der Waals surface area contributed by atoms with Gasteiger partial charge < -0.3 is 14.3 Å². The molecule has 2 aromatic heterocycles. The van der Waals surface area contributed by atoms with Crippen LogP contribution in [0.15, 0.2) is 52.2 Å². The Morgan fingerprint density at radius 3 is 2.64 bits per heavy atom. The molecule has 0 saturated heterocycles. The number of thioether (sulfide) groups is 1. The summed E-state index contributed by atoms with van der Waals surface area (Å²) in [5.74, 6) is 1.84. The smallest absolute Gasteiger partial charge is 0.233 e. The van der Waals surface area contributed by atoms with E-state index in [-0.39, 0.29) is 11.2 Å². The minimum Gasteiger partial charge on any atom is -0.469 e. The molecule has 0 spiro atoms. The summed E-state index contributed by atoms with van der Waals surface area (Å²) in [4.78, 5) is 12.6. The second kappa shape index (κ2) is 9.10. The number of hydrogen-bond acceptors (Lipinski definition) is 5. The Morgan fingerprint density at radius 2 is 2.00 bits per heavy atom. The molecule has 1 aromatic carbocycles. The lowest BCUT2D eigenvalue weighted by atomic mass is 9.96. The van der Waals surface area contributed by atoms with E-state index >= 15 is 0 Å². The predicted octanol–water partition coefficient (Wildman–Crippen LogP) is 4.17. The van der Waals surface area contributed by atoms with Crippen molar-refractivity contribution in [2.24, 2.45) is 7.05 Å². The van der Waals surface area contributed by atoms with Crippen molar-refractivity contribution in [3.63, 3.8) is 0 Å². The van der Waals surface area contributed by atoms with Crippen molar-refractivity contribution < 1.29 is 9.21 Å². The van der Waals surface area contributed by atoms with Gasteiger partial charge in [0.05, 0.1) is 17.1 Å². The first-order chi connectivity index (χ1) is 13.5. The average Bonchev–Trinajstić information content (AvgIpc) is 3.28. The molecular formula is C21H26N4O2S. The van der Waals surface area contributed by atoms with Crippen LogP contribution >= 0.6 is 11.8 Å². The Labute approximate surface area is 169 Å². The summed E-state index contributed by atoms with van der Waals surface area (Å²) in [7, 11) is 1.90. The van der Waals surface area contributed by atoms with Crippen molar-refractivity contribution in [2.75, 3.05) is 6.54 Å². The number of nitrogens with one attached hydrogen (secondary N) is 1. The number of amides is 1. The molecule has 0 radical (unpaired) electrons. The minimum atomic E-state index is -0.269. The molecule has 0 aliphatic carbocycles. The maximum atomic E-state index is 12.6. The molecule has 0 saturated carbocycles. The van der Waals surface area contributed by atoms with E-state index in [0.29, 0.717) is 17.6 Å². The van der Waals surface area contributed by atoms with Gasteiger partial charge in [0.1, 0.15) is 5.76 Å². The summed E-state index contributed by atoms with van der Waals surface area (Å²) >= 11 is 1.40. The van der Waals surface area contributed by atoms with Crippen LogP contribution < -0.4 is 5.32 Å². The third kappa shape index (κ3) is 4.47. The maximum Gasteiger partial charge on any atom is 0.233 e. The van der Waals surface area contributed by atoms with Gasteiger partial charge in [0, 0.05) is 19.5 Å². The van der Waals surface area contributed by atoms with Crippen LogP contribution in [0.4, 0.5) is 0 Å². The van der Waals surface area contributed by atoms with Crippen LogP contribution in [0.5, 0.6) is 0 Å². The number of nitrogens with zero attached hydrogens (tertiary/aromatic N) is 3. The second-order valence-corrected chi connectivity index (χ2v) is 8.08. The molecular weight excluding hydrogens is 372 g/mol. The third-order valence-electron chi connectivity index (χ3n) is 4.87. The zero-order chi connectivity index (χ0) is 20.1. The highest BCUT2D eigenvalue weighted by Crippen LogP contribution is 2.28. The van der Waals surface area contributed by atoms with Crippen molar-refractivity contribution in [1.29, 1.82) is 0 Å². The Kier molecular flexibility index (Phi) is 6.57. The molecule has 148 valence electrons. The molecule has 6 nitrogen and oxygen atoms in total. The summed E-state index contributed by atoms with van der Waals surface area (Å²) in [5, 5.41) is 12.0. The second-order valence-electron chi connectivity index (χ2n) is 6.78.